The Kier molecular flexibility index (Phi) is 7.56. The van der Waals surface area contributed by atoms with E-state index in [2.05, 4.69) is 21.0 Å². The second-order valence-corrected chi connectivity index (χ2v) is 9.67. The molecule has 1 aliphatic heterocycles. The highest BCUT2D eigenvalue weighted by molar-refractivity contribution is 5.99. The van der Waals surface area contributed by atoms with E-state index >= 15 is 0 Å². The normalized spacial score (nSPS) is 12.9. The Labute approximate surface area is 230 Å². The number of benzene rings is 1. The van der Waals surface area contributed by atoms with Crippen molar-refractivity contribution in [3.63, 3.8) is 0 Å². The maximum absolute atomic E-state index is 13.9. The smallest absolute Gasteiger partial charge is 0.265 e. The molecule has 8 nitrogen and oxygen atoms in total. The Morgan fingerprint density at radius 1 is 1.05 bits per heavy atom. The van der Waals surface area contributed by atoms with Crippen LogP contribution in [0.15, 0.2) is 49.1 Å². The van der Waals surface area contributed by atoms with E-state index in [4.69, 9.17) is 4.74 Å². The number of nitriles is 1. The molecule has 0 saturated carbocycles. The SMILES string of the molecule is CCOc1cc(CN2CCc3c(cc(Cn4ccnc4C)cc3-c3cc(C(F)F)cnc3C)C2=O)ncc1C#N. The average Bonchev–Trinajstić information content (AvgIpc) is 3.34. The van der Waals surface area contributed by atoms with E-state index in [0.717, 1.165) is 22.5 Å². The van der Waals surface area contributed by atoms with Gasteiger partial charge in [0, 0.05) is 66.3 Å². The monoisotopic (exact) mass is 542 g/mol. The molecular formula is C30H28F2N6O2. The molecule has 0 atom stereocenters. The molecule has 40 heavy (non-hydrogen) atoms. The van der Waals surface area contributed by atoms with Crippen LogP contribution in [0.4, 0.5) is 8.78 Å². The Balaban J connectivity index is 1.56. The maximum Gasteiger partial charge on any atom is 0.265 e. The van der Waals surface area contributed by atoms with Crippen molar-refractivity contribution in [1.82, 2.24) is 24.4 Å². The first-order valence-corrected chi connectivity index (χ1v) is 13.0. The number of hydrogen-bond donors (Lipinski definition) is 0. The summed E-state index contributed by atoms with van der Waals surface area (Å²) in [4.78, 5) is 28.5. The minimum Gasteiger partial charge on any atom is -0.492 e. The molecule has 0 aliphatic carbocycles. The van der Waals surface area contributed by atoms with Crippen LogP contribution < -0.4 is 4.74 Å². The number of aryl methyl sites for hydroxylation is 2. The molecule has 204 valence electrons. The third-order valence-electron chi connectivity index (χ3n) is 7.08. The molecule has 0 spiro atoms. The first-order valence-electron chi connectivity index (χ1n) is 13.0. The number of halogens is 2. The minimum absolute atomic E-state index is 0.161. The van der Waals surface area contributed by atoms with Gasteiger partial charge in [0.25, 0.3) is 12.3 Å². The zero-order chi connectivity index (χ0) is 28.4. The number of nitrogens with zero attached hydrogens (tertiary/aromatic N) is 6. The molecule has 1 amide bonds. The van der Waals surface area contributed by atoms with Crippen LogP contribution in [0, 0.1) is 25.2 Å². The molecule has 1 aliphatic rings. The molecule has 0 radical (unpaired) electrons. The number of aromatic nitrogens is 4. The Morgan fingerprint density at radius 3 is 2.55 bits per heavy atom. The van der Waals surface area contributed by atoms with Crippen LogP contribution in [-0.4, -0.2) is 43.5 Å². The molecule has 5 rings (SSSR count). The van der Waals surface area contributed by atoms with Crippen LogP contribution >= 0.6 is 0 Å². The number of fused-ring (bicyclic) bond motifs is 1. The van der Waals surface area contributed by atoms with Crippen LogP contribution in [0.1, 0.15) is 63.2 Å². The molecule has 0 fully saturated rings. The van der Waals surface area contributed by atoms with E-state index in [0.29, 0.717) is 59.9 Å². The van der Waals surface area contributed by atoms with Crippen LogP contribution in [0.5, 0.6) is 5.75 Å². The topological polar surface area (TPSA) is 96.9 Å². The molecular weight excluding hydrogens is 514 g/mol. The van der Waals surface area contributed by atoms with Crippen LogP contribution in [0.25, 0.3) is 11.1 Å². The summed E-state index contributed by atoms with van der Waals surface area (Å²) in [6.07, 6.45) is 4.11. The van der Waals surface area contributed by atoms with Gasteiger partial charge in [-0.25, -0.2) is 13.8 Å². The van der Waals surface area contributed by atoms with E-state index in [1.165, 1.54) is 18.5 Å². The van der Waals surface area contributed by atoms with Gasteiger partial charge in [0.1, 0.15) is 23.2 Å². The van der Waals surface area contributed by atoms with E-state index in [1.54, 1.807) is 24.1 Å². The van der Waals surface area contributed by atoms with Crippen molar-refractivity contribution in [2.24, 2.45) is 0 Å². The highest BCUT2D eigenvalue weighted by Crippen LogP contribution is 2.36. The number of amides is 1. The number of alkyl halides is 2. The molecule has 0 saturated heterocycles. The summed E-state index contributed by atoms with van der Waals surface area (Å²) < 4.78 is 34.8. The van der Waals surface area contributed by atoms with Gasteiger partial charge in [-0.05, 0) is 62.1 Å². The summed E-state index contributed by atoms with van der Waals surface area (Å²) in [5.41, 5.74) is 4.91. The maximum atomic E-state index is 13.9. The number of carbonyl (C=O) groups is 1. The molecule has 10 heteroatoms. The summed E-state index contributed by atoms with van der Waals surface area (Å²) in [5.74, 6) is 1.08. The van der Waals surface area contributed by atoms with Crippen molar-refractivity contribution in [1.29, 1.82) is 5.26 Å². The number of rotatable bonds is 8. The van der Waals surface area contributed by atoms with E-state index in [-0.39, 0.29) is 18.0 Å². The van der Waals surface area contributed by atoms with Gasteiger partial charge in [-0.3, -0.25) is 14.8 Å². The van der Waals surface area contributed by atoms with Gasteiger partial charge in [-0.15, -0.1) is 0 Å². The quantitative estimate of drug-likeness (QED) is 0.295. The van der Waals surface area contributed by atoms with Crippen LogP contribution in [0.3, 0.4) is 0 Å². The van der Waals surface area contributed by atoms with Gasteiger partial charge in [0.05, 0.1) is 18.8 Å². The standard InChI is InChI=1S/C30H28F2N6O2/c1-4-40-28-12-23(36-15-22(28)13-33)17-38-7-5-24-26(25-11-21(29(31)32)14-35-18(25)2)9-20(10-27(24)30(38)39)16-37-8-6-34-19(37)3/h6,8-12,14-15,29H,4-5,7,16-17H2,1-3H3. The van der Waals surface area contributed by atoms with Gasteiger partial charge in [0.15, 0.2) is 0 Å². The molecule has 4 aromatic rings. The lowest BCUT2D eigenvalue weighted by Gasteiger charge is -2.31. The van der Waals surface area contributed by atoms with Crippen molar-refractivity contribution < 1.29 is 18.3 Å². The third-order valence-corrected chi connectivity index (χ3v) is 7.08. The number of hydrogen-bond acceptors (Lipinski definition) is 6. The Hall–Kier alpha value is -4.65. The van der Waals surface area contributed by atoms with Gasteiger partial charge in [-0.1, -0.05) is 0 Å². The fourth-order valence-corrected chi connectivity index (χ4v) is 5.02. The zero-order valence-electron chi connectivity index (χ0n) is 22.5. The summed E-state index contributed by atoms with van der Waals surface area (Å²) in [6.45, 7) is 7.05. The minimum atomic E-state index is -2.65. The van der Waals surface area contributed by atoms with Crippen molar-refractivity contribution >= 4 is 5.91 Å². The van der Waals surface area contributed by atoms with Crippen LogP contribution in [0.2, 0.25) is 0 Å². The number of pyridine rings is 2. The van der Waals surface area contributed by atoms with Crippen molar-refractivity contribution in [2.45, 2.75) is 46.7 Å². The second kappa shape index (κ2) is 11.2. The highest BCUT2D eigenvalue weighted by atomic mass is 19.3. The fourth-order valence-electron chi connectivity index (χ4n) is 5.02. The average molecular weight is 543 g/mol. The van der Waals surface area contributed by atoms with Gasteiger partial charge in [0.2, 0.25) is 0 Å². The second-order valence-electron chi connectivity index (χ2n) is 9.67. The first-order chi connectivity index (χ1) is 19.3. The number of carbonyl (C=O) groups excluding carboxylic acids is 1. The van der Waals surface area contributed by atoms with E-state index in [9.17, 15) is 18.8 Å². The predicted octanol–water partition coefficient (Wildman–Crippen LogP) is 5.41. The summed E-state index contributed by atoms with van der Waals surface area (Å²) >= 11 is 0. The molecule has 0 N–H and O–H groups in total. The lowest BCUT2D eigenvalue weighted by Crippen LogP contribution is -2.37. The van der Waals surface area contributed by atoms with Gasteiger partial charge in [-0.2, -0.15) is 5.26 Å². The molecule has 0 bridgehead atoms. The van der Waals surface area contributed by atoms with E-state index < -0.39 is 6.43 Å². The molecule has 3 aromatic heterocycles. The Bertz CT molecular complexity index is 1630. The Morgan fingerprint density at radius 2 is 1.85 bits per heavy atom. The van der Waals surface area contributed by atoms with Crippen LogP contribution in [-0.2, 0) is 19.5 Å². The van der Waals surface area contributed by atoms with Crippen molar-refractivity contribution in [2.75, 3.05) is 13.2 Å². The highest BCUT2D eigenvalue weighted by Gasteiger charge is 2.29. The van der Waals surface area contributed by atoms with Gasteiger partial charge < -0.3 is 14.2 Å². The van der Waals surface area contributed by atoms with Crippen molar-refractivity contribution in [3.8, 4) is 22.9 Å². The first kappa shape index (κ1) is 26.9. The lowest BCUT2D eigenvalue weighted by atomic mass is 9.87. The predicted molar refractivity (Wildman–Crippen MR) is 144 cm³/mol. The summed E-state index contributed by atoms with van der Waals surface area (Å²) in [7, 11) is 0. The van der Waals surface area contributed by atoms with E-state index in [1.807, 2.05) is 36.7 Å². The summed E-state index contributed by atoms with van der Waals surface area (Å²) in [6, 6.07) is 9.09. The molecule has 0 unspecified atom stereocenters. The summed E-state index contributed by atoms with van der Waals surface area (Å²) in [5, 5.41) is 9.34. The van der Waals surface area contributed by atoms with Crippen molar-refractivity contribution in [3.05, 3.63) is 94.1 Å². The number of imidazole rings is 1. The largest absolute Gasteiger partial charge is 0.492 e. The zero-order valence-corrected chi connectivity index (χ0v) is 22.5. The number of ether oxygens (including phenoxy) is 1. The third kappa shape index (κ3) is 5.27. The van der Waals surface area contributed by atoms with Gasteiger partial charge >= 0.3 is 0 Å². The fraction of sp³-hybridized carbons (Fsp3) is 0.300. The molecule has 4 heterocycles. The molecule has 1 aromatic carbocycles. The lowest BCUT2D eigenvalue weighted by molar-refractivity contribution is 0.0724.